The normalized spacial score (nSPS) is 41.5. The highest BCUT2D eigenvalue weighted by Gasteiger charge is 2.63. The largest absolute Gasteiger partial charge is 0.481 e. The van der Waals surface area contributed by atoms with E-state index in [1.54, 1.807) is 6.92 Å². The minimum Gasteiger partial charge on any atom is -0.481 e. The van der Waals surface area contributed by atoms with Crippen LogP contribution in [0.4, 0.5) is 0 Å². The number of allylic oxidation sites excluding steroid dienone is 1. The Kier molecular flexibility index (Phi) is 5.63. The Hall–Kier alpha value is -1.98. The molecular weight excluding hydrogens is 396 g/mol. The lowest BCUT2D eigenvalue weighted by molar-refractivity contribution is -0.178. The Labute approximate surface area is 183 Å². The summed E-state index contributed by atoms with van der Waals surface area (Å²) in [6.07, 6.45) is 6.75. The van der Waals surface area contributed by atoms with E-state index in [0.29, 0.717) is 24.7 Å². The van der Waals surface area contributed by atoms with Gasteiger partial charge in [-0.2, -0.15) is 0 Å². The molecule has 170 valence electrons. The minimum atomic E-state index is -1.02. The van der Waals surface area contributed by atoms with Crippen molar-refractivity contribution in [2.75, 3.05) is 0 Å². The number of hydrogen-bond acceptors (Lipinski definition) is 5. The topological polar surface area (TPSA) is 97.7 Å². The molecule has 4 aliphatic carbocycles. The lowest BCUT2D eigenvalue weighted by atomic mass is 9.46. The van der Waals surface area contributed by atoms with Gasteiger partial charge in [-0.15, -0.1) is 0 Å². The van der Waals surface area contributed by atoms with Gasteiger partial charge in [-0.1, -0.05) is 19.4 Å². The number of hydrogen-bond donors (Lipinski definition) is 1. The van der Waals surface area contributed by atoms with E-state index < -0.39 is 11.9 Å². The molecule has 0 saturated heterocycles. The third-order valence-corrected chi connectivity index (χ3v) is 9.19. The average molecular weight is 431 g/mol. The summed E-state index contributed by atoms with van der Waals surface area (Å²) in [5.74, 6) is -0.248. The van der Waals surface area contributed by atoms with Crippen LogP contribution in [0.3, 0.4) is 0 Å². The quantitative estimate of drug-likeness (QED) is 0.659. The van der Waals surface area contributed by atoms with E-state index in [1.807, 2.05) is 6.08 Å². The molecule has 7 atom stereocenters. The van der Waals surface area contributed by atoms with Gasteiger partial charge in [0.2, 0.25) is 0 Å². The van der Waals surface area contributed by atoms with Gasteiger partial charge in [-0.25, -0.2) is 0 Å². The van der Waals surface area contributed by atoms with Crippen LogP contribution in [0.5, 0.6) is 0 Å². The molecule has 3 saturated carbocycles. The lowest BCUT2D eigenvalue weighted by Crippen LogP contribution is -2.58. The maximum absolute atomic E-state index is 12.6. The zero-order valence-electron chi connectivity index (χ0n) is 18.8. The smallest absolute Gasteiger partial charge is 0.306 e. The van der Waals surface area contributed by atoms with Crippen LogP contribution in [0.25, 0.3) is 0 Å². The van der Waals surface area contributed by atoms with Crippen LogP contribution in [0.2, 0.25) is 0 Å². The molecule has 0 unspecified atom stereocenters. The van der Waals surface area contributed by atoms with Crippen LogP contribution in [0, 0.1) is 34.5 Å². The van der Waals surface area contributed by atoms with Gasteiger partial charge in [-0.05, 0) is 74.2 Å². The van der Waals surface area contributed by atoms with E-state index >= 15 is 0 Å². The first-order valence-electron chi connectivity index (χ1n) is 11.7. The Morgan fingerprint density at radius 1 is 1.13 bits per heavy atom. The molecule has 0 spiro atoms. The molecule has 6 nitrogen and oxygen atoms in total. The Morgan fingerprint density at radius 3 is 2.55 bits per heavy atom. The first kappa shape index (κ1) is 22.2. The Bertz CT molecular complexity index is 843. The van der Waals surface area contributed by atoms with Crippen molar-refractivity contribution in [3.05, 3.63) is 11.6 Å². The van der Waals surface area contributed by atoms with Crippen molar-refractivity contribution in [3.8, 4) is 0 Å². The van der Waals surface area contributed by atoms with Crippen molar-refractivity contribution in [1.82, 2.24) is 0 Å². The SMILES string of the molecule is CC(=O)[C@H]1CC[C@@H]2[C@H]3CCC4=CC(=O)CC[C@]4(C)[C@@H]3[C@H](OC(=O)CCC(=O)O)C[C@]12C. The molecule has 6 heteroatoms. The molecule has 0 aliphatic heterocycles. The van der Waals surface area contributed by atoms with Crippen molar-refractivity contribution >= 4 is 23.5 Å². The number of carboxylic acid groups (broad SMARTS) is 1. The van der Waals surface area contributed by atoms with E-state index in [4.69, 9.17) is 9.84 Å². The van der Waals surface area contributed by atoms with Crippen molar-refractivity contribution in [2.45, 2.75) is 84.7 Å². The van der Waals surface area contributed by atoms with E-state index in [2.05, 4.69) is 13.8 Å². The maximum Gasteiger partial charge on any atom is 0.306 e. The zero-order valence-corrected chi connectivity index (χ0v) is 18.8. The summed E-state index contributed by atoms with van der Waals surface area (Å²) in [6, 6.07) is 0. The molecular formula is C25H34O6. The van der Waals surface area contributed by atoms with Crippen molar-refractivity contribution < 1.29 is 29.0 Å². The van der Waals surface area contributed by atoms with Crippen LogP contribution >= 0.6 is 0 Å². The highest BCUT2D eigenvalue weighted by molar-refractivity contribution is 5.91. The summed E-state index contributed by atoms with van der Waals surface area (Å²) in [6.45, 7) is 6.09. The van der Waals surface area contributed by atoms with E-state index in [0.717, 1.165) is 32.1 Å². The van der Waals surface area contributed by atoms with Crippen LogP contribution in [-0.2, 0) is 23.9 Å². The number of ether oxygens (including phenoxy) is 1. The average Bonchev–Trinajstić information content (AvgIpc) is 3.03. The number of rotatable bonds is 5. The summed E-state index contributed by atoms with van der Waals surface area (Å²) in [5, 5.41) is 8.95. The molecule has 0 radical (unpaired) electrons. The van der Waals surface area contributed by atoms with Gasteiger partial charge in [0.05, 0.1) is 12.8 Å². The van der Waals surface area contributed by atoms with Crippen LogP contribution in [0.15, 0.2) is 11.6 Å². The minimum absolute atomic E-state index is 0.0173. The maximum atomic E-state index is 12.6. The molecule has 0 bridgehead atoms. The lowest BCUT2D eigenvalue weighted by Gasteiger charge is -2.60. The molecule has 0 aromatic carbocycles. The third kappa shape index (κ3) is 3.66. The second-order valence-corrected chi connectivity index (χ2v) is 10.8. The highest BCUT2D eigenvalue weighted by Crippen LogP contribution is 2.67. The summed E-state index contributed by atoms with van der Waals surface area (Å²) >= 11 is 0. The number of carbonyl (C=O) groups excluding carboxylic acids is 3. The van der Waals surface area contributed by atoms with Gasteiger partial charge < -0.3 is 9.84 Å². The highest BCUT2D eigenvalue weighted by atomic mass is 16.5. The van der Waals surface area contributed by atoms with Gasteiger partial charge in [0.15, 0.2) is 5.78 Å². The van der Waals surface area contributed by atoms with Crippen LogP contribution < -0.4 is 0 Å². The Morgan fingerprint density at radius 2 is 1.87 bits per heavy atom. The number of carbonyl (C=O) groups is 4. The van der Waals surface area contributed by atoms with Crippen LogP contribution in [0.1, 0.15) is 78.6 Å². The summed E-state index contributed by atoms with van der Waals surface area (Å²) in [4.78, 5) is 48.1. The standard InChI is InChI=1S/C25H34O6/c1-14(26)18-6-7-19-17-5-4-15-12-16(27)10-11-24(15,2)23(17)20(13-25(18,19)3)31-22(30)9-8-21(28)29/h12,17-20,23H,4-11,13H2,1-3H3,(H,28,29)/t17-,18-,19-,20-,23+,24+,25-/m1/s1. The molecule has 0 aromatic heterocycles. The van der Waals surface area contributed by atoms with Gasteiger partial charge in [0, 0.05) is 18.3 Å². The number of Topliss-reactive ketones (excluding diaryl/α,β-unsaturated/α-hetero) is 1. The first-order valence-corrected chi connectivity index (χ1v) is 11.7. The molecule has 0 heterocycles. The van der Waals surface area contributed by atoms with Crippen LogP contribution in [-0.4, -0.2) is 34.7 Å². The number of ketones is 2. The summed E-state index contributed by atoms with van der Waals surface area (Å²) in [7, 11) is 0. The summed E-state index contributed by atoms with van der Waals surface area (Å²) < 4.78 is 6.03. The molecule has 4 aliphatic rings. The summed E-state index contributed by atoms with van der Waals surface area (Å²) in [5.41, 5.74) is 0.790. The van der Waals surface area contributed by atoms with E-state index in [-0.39, 0.29) is 53.2 Å². The number of aliphatic carboxylic acids is 1. The van der Waals surface area contributed by atoms with Crippen molar-refractivity contribution in [1.29, 1.82) is 0 Å². The van der Waals surface area contributed by atoms with Gasteiger partial charge in [-0.3, -0.25) is 19.2 Å². The first-order chi connectivity index (χ1) is 14.6. The predicted octanol–water partition coefficient (Wildman–Crippen LogP) is 4.11. The molecule has 1 N–H and O–H groups in total. The van der Waals surface area contributed by atoms with E-state index in [9.17, 15) is 19.2 Å². The predicted molar refractivity (Wildman–Crippen MR) is 113 cm³/mol. The number of fused-ring (bicyclic) bond motifs is 5. The van der Waals surface area contributed by atoms with Gasteiger partial charge in [0.25, 0.3) is 0 Å². The molecule has 0 amide bonds. The molecule has 3 fully saturated rings. The fourth-order valence-electron chi connectivity index (χ4n) is 7.87. The number of carboxylic acids is 1. The second kappa shape index (κ2) is 7.86. The van der Waals surface area contributed by atoms with Crippen molar-refractivity contribution in [2.24, 2.45) is 34.5 Å². The third-order valence-electron chi connectivity index (χ3n) is 9.19. The fourth-order valence-corrected chi connectivity index (χ4v) is 7.87. The molecule has 0 aromatic rings. The van der Waals surface area contributed by atoms with Gasteiger partial charge >= 0.3 is 11.9 Å². The molecule has 4 rings (SSSR count). The van der Waals surface area contributed by atoms with Gasteiger partial charge in [0.1, 0.15) is 11.9 Å². The fraction of sp³-hybridized carbons (Fsp3) is 0.760. The van der Waals surface area contributed by atoms with Crippen molar-refractivity contribution in [3.63, 3.8) is 0 Å². The molecule has 31 heavy (non-hydrogen) atoms. The number of esters is 1. The second-order valence-electron chi connectivity index (χ2n) is 10.8. The Balaban J connectivity index is 1.70. The monoisotopic (exact) mass is 430 g/mol. The zero-order chi connectivity index (χ0) is 22.6. The van der Waals surface area contributed by atoms with E-state index in [1.165, 1.54) is 5.57 Å².